The molecule has 1 amide bonds. The summed E-state index contributed by atoms with van der Waals surface area (Å²) in [4.78, 5) is 17.5. The van der Waals surface area contributed by atoms with Crippen molar-refractivity contribution < 1.29 is 13.2 Å². The van der Waals surface area contributed by atoms with Crippen molar-refractivity contribution in [3.05, 3.63) is 24.3 Å². The minimum absolute atomic E-state index is 0.0944. The summed E-state index contributed by atoms with van der Waals surface area (Å²) in [7, 11) is -3.26. The lowest BCUT2D eigenvalue weighted by molar-refractivity contribution is -0.120. The van der Waals surface area contributed by atoms with Gasteiger partial charge in [-0.05, 0) is 31.5 Å². The Balaban J connectivity index is 1.68. The van der Waals surface area contributed by atoms with Crippen LogP contribution in [-0.2, 0) is 14.8 Å². The molecule has 150 valence electrons. The number of piperidine rings is 1. The largest absolute Gasteiger partial charge is 0.367 e. The Morgan fingerprint density at radius 3 is 2.52 bits per heavy atom. The van der Waals surface area contributed by atoms with E-state index in [2.05, 4.69) is 22.0 Å². The van der Waals surface area contributed by atoms with Crippen molar-refractivity contribution in [2.75, 3.05) is 62.3 Å². The van der Waals surface area contributed by atoms with Crippen LogP contribution < -0.4 is 10.2 Å². The number of carbonyl (C=O) groups is 1. The maximum atomic E-state index is 12.8. The molecule has 0 saturated carbocycles. The second-order valence-electron chi connectivity index (χ2n) is 7.39. The molecule has 0 spiro atoms. The number of para-hydroxylation sites is 2. The van der Waals surface area contributed by atoms with Crippen molar-refractivity contribution in [1.29, 1.82) is 0 Å². The van der Waals surface area contributed by atoms with E-state index in [1.165, 1.54) is 10.6 Å². The lowest BCUT2D eigenvalue weighted by Crippen LogP contribution is -2.46. The number of benzene rings is 1. The summed E-state index contributed by atoms with van der Waals surface area (Å²) >= 11 is 0. The SMILES string of the molecule is CCN1CCN(c2ccccc2NC(=O)C2CCCN(S(C)(=O)=O)C2)CC1. The highest BCUT2D eigenvalue weighted by Crippen LogP contribution is 2.28. The summed E-state index contributed by atoms with van der Waals surface area (Å²) < 4.78 is 25.0. The average Bonchev–Trinajstić information content (AvgIpc) is 2.68. The van der Waals surface area contributed by atoms with Crippen LogP contribution >= 0.6 is 0 Å². The quantitative estimate of drug-likeness (QED) is 0.818. The highest BCUT2D eigenvalue weighted by atomic mass is 32.2. The van der Waals surface area contributed by atoms with Crippen LogP contribution in [0.2, 0.25) is 0 Å². The van der Waals surface area contributed by atoms with Crippen LogP contribution in [0.25, 0.3) is 0 Å². The number of nitrogens with one attached hydrogen (secondary N) is 1. The third-order valence-corrected chi connectivity index (χ3v) is 6.82. The van der Waals surface area contributed by atoms with Gasteiger partial charge < -0.3 is 15.1 Å². The van der Waals surface area contributed by atoms with Crippen molar-refractivity contribution in [2.24, 2.45) is 5.92 Å². The molecule has 0 radical (unpaired) electrons. The molecule has 2 saturated heterocycles. The summed E-state index contributed by atoms with van der Waals surface area (Å²) in [6.45, 7) is 7.91. The Morgan fingerprint density at radius 1 is 1.15 bits per heavy atom. The molecule has 2 heterocycles. The van der Waals surface area contributed by atoms with Gasteiger partial charge in [0.25, 0.3) is 0 Å². The van der Waals surface area contributed by atoms with Crippen LogP contribution in [0, 0.1) is 5.92 Å². The number of hydrogen-bond acceptors (Lipinski definition) is 5. The first-order valence-electron chi connectivity index (χ1n) is 9.71. The molecule has 1 unspecified atom stereocenters. The molecule has 0 aliphatic carbocycles. The van der Waals surface area contributed by atoms with Gasteiger partial charge in [-0.15, -0.1) is 0 Å². The van der Waals surface area contributed by atoms with Gasteiger partial charge in [0.05, 0.1) is 23.5 Å². The molecular formula is C19H30N4O3S. The molecular weight excluding hydrogens is 364 g/mol. The molecule has 27 heavy (non-hydrogen) atoms. The maximum absolute atomic E-state index is 12.8. The predicted octanol–water partition coefficient (Wildman–Crippen LogP) is 1.44. The van der Waals surface area contributed by atoms with E-state index in [0.29, 0.717) is 13.0 Å². The first-order valence-corrected chi connectivity index (χ1v) is 11.6. The molecule has 3 rings (SSSR count). The van der Waals surface area contributed by atoms with E-state index in [-0.39, 0.29) is 18.4 Å². The second kappa shape index (κ2) is 8.58. The minimum atomic E-state index is -3.26. The third kappa shape index (κ3) is 5.00. The maximum Gasteiger partial charge on any atom is 0.228 e. The number of nitrogens with zero attached hydrogens (tertiary/aromatic N) is 3. The predicted molar refractivity (Wildman–Crippen MR) is 109 cm³/mol. The van der Waals surface area contributed by atoms with Gasteiger partial charge in [-0.1, -0.05) is 19.1 Å². The van der Waals surface area contributed by atoms with Crippen LogP contribution in [0.4, 0.5) is 11.4 Å². The molecule has 0 bridgehead atoms. The van der Waals surface area contributed by atoms with Crippen LogP contribution in [0.5, 0.6) is 0 Å². The number of rotatable bonds is 5. The molecule has 8 heteroatoms. The smallest absolute Gasteiger partial charge is 0.228 e. The summed E-state index contributed by atoms with van der Waals surface area (Å²) in [5.74, 6) is -0.401. The molecule has 2 aliphatic heterocycles. The zero-order valence-corrected chi connectivity index (χ0v) is 17.0. The van der Waals surface area contributed by atoms with E-state index in [0.717, 1.165) is 50.5 Å². The number of piperazine rings is 1. The van der Waals surface area contributed by atoms with Crippen LogP contribution in [0.3, 0.4) is 0 Å². The van der Waals surface area contributed by atoms with Crippen molar-refractivity contribution in [1.82, 2.24) is 9.21 Å². The number of likely N-dealkylation sites (N-methyl/N-ethyl adjacent to an activating group) is 1. The zero-order chi connectivity index (χ0) is 19.4. The van der Waals surface area contributed by atoms with Crippen molar-refractivity contribution in [3.8, 4) is 0 Å². The highest BCUT2D eigenvalue weighted by molar-refractivity contribution is 7.88. The lowest BCUT2D eigenvalue weighted by atomic mass is 9.98. The van der Waals surface area contributed by atoms with Crippen molar-refractivity contribution >= 4 is 27.3 Å². The van der Waals surface area contributed by atoms with E-state index >= 15 is 0 Å². The Labute approximate surface area is 162 Å². The second-order valence-corrected chi connectivity index (χ2v) is 9.37. The first kappa shape index (κ1) is 20.1. The number of amides is 1. The van der Waals surface area contributed by atoms with Gasteiger partial charge in [-0.25, -0.2) is 12.7 Å². The van der Waals surface area contributed by atoms with Crippen LogP contribution in [0.1, 0.15) is 19.8 Å². The number of anilines is 2. The molecule has 2 aliphatic rings. The van der Waals surface area contributed by atoms with Gasteiger partial charge in [0.1, 0.15) is 0 Å². The topological polar surface area (TPSA) is 73.0 Å². The zero-order valence-electron chi connectivity index (χ0n) is 16.2. The third-order valence-electron chi connectivity index (χ3n) is 5.55. The molecule has 2 fully saturated rings. The average molecular weight is 395 g/mol. The number of hydrogen-bond donors (Lipinski definition) is 1. The fraction of sp³-hybridized carbons (Fsp3) is 0.632. The van der Waals surface area contributed by atoms with Gasteiger partial charge in [-0.2, -0.15) is 0 Å². The molecule has 1 aromatic carbocycles. The van der Waals surface area contributed by atoms with Gasteiger partial charge >= 0.3 is 0 Å². The summed E-state index contributed by atoms with van der Waals surface area (Å²) in [6, 6.07) is 7.88. The van der Waals surface area contributed by atoms with E-state index in [4.69, 9.17) is 0 Å². The Hall–Kier alpha value is -1.64. The standard InChI is InChI=1S/C19H30N4O3S/c1-3-21-11-13-22(14-12-21)18-9-5-4-8-17(18)20-19(24)16-7-6-10-23(15-16)27(2,25)26/h4-5,8-9,16H,3,6-7,10-15H2,1-2H3,(H,20,24). The normalized spacial score (nSPS) is 22.6. The van der Waals surface area contributed by atoms with Crippen molar-refractivity contribution in [2.45, 2.75) is 19.8 Å². The van der Waals surface area contributed by atoms with E-state index < -0.39 is 10.0 Å². The van der Waals surface area contributed by atoms with E-state index in [9.17, 15) is 13.2 Å². The number of carbonyl (C=O) groups excluding carboxylic acids is 1. The van der Waals surface area contributed by atoms with E-state index in [1.807, 2.05) is 24.3 Å². The fourth-order valence-corrected chi connectivity index (χ4v) is 4.76. The van der Waals surface area contributed by atoms with Gasteiger partial charge in [-0.3, -0.25) is 4.79 Å². The first-order chi connectivity index (χ1) is 12.9. The Kier molecular flexibility index (Phi) is 6.39. The van der Waals surface area contributed by atoms with Gasteiger partial charge in [0.2, 0.25) is 15.9 Å². The summed E-state index contributed by atoms with van der Waals surface area (Å²) in [5.41, 5.74) is 1.85. The van der Waals surface area contributed by atoms with Gasteiger partial charge in [0, 0.05) is 39.3 Å². The van der Waals surface area contributed by atoms with E-state index in [1.54, 1.807) is 0 Å². The Morgan fingerprint density at radius 2 is 1.85 bits per heavy atom. The van der Waals surface area contributed by atoms with Crippen molar-refractivity contribution in [3.63, 3.8) is 0 Å². The van der Waals surface area contributed by atoms with Crippen LogP contribution in [-0.4, -0.2) is 75.6 Å². The molecule has 0 aromatic heterocycles. The summed E-state index contributed by atoms with van der Waals surface area (Å²) in [5, 5.41) is 3.06. The fourth-order valence-electron chi connectivity index (χ4n) is 3.85. The molecule has 1 N–H and O–H groups in total. The molecule has 7 nitrogen and oxygen atoms in total. The molecule has 1 atom stereocenters. The number of sulfonamides is 1. The lowest BCUT2D eigenvalue weighted by Gasteiger charge is -2.36. The Bertz CT molecular complexity index is 760. The summed E-state index contributed by atoms with van der Waals surface area (Å²) in [6.07, 6.45) is 2.64. The highest BCUT2D eigenvalue weighted by Gasteiger charge is 2.30. The van der Waals surface area contributed by atoms with Crippen LogP contribution in [0.15, 0.2) is 24.3 Å². The monoisotopic (exact) mass is 394 g/mol. The molecule has 1 aromatic rings. The minimum Gasteiger partial charge on any atom is -0.367 e. The van der Waals surface area contributed by atoms with Gasteiger partial charge in [0.15, 0.2) is 0 Å².